The summed E-state index contributed by atoms with van der Waals surface area (Å²) in [6, 6.07) is 1.71. The highest BCUT2D eigenvalue weighted by Crippen LogP contribution is 2.19. The van der Waals surface area contributed by atoms with Gasteiger partial charge in [0.05, 0.1) is 6.04 Å². The van der Waals surface area contributed by atoms with Crippen molar-refractivity contribution < 1.29 is 4.79 Å². The van der Waals surface area contributed by atoms with Gasteiger partial charge in [0.15, 0.2) is 0 Å². The van der Waals surface area contributed by atoms with Gasteiger partial charge in [-0.1, -0.05) is 6.92 Å². The first-order valence-corrected chi connectivity index (χ1v) is 6.71. The predicted octanol–water partition coefficient (Wildman–Crippen LogP) is 2.73. The SMILES string of the molecule is CCC(NC(=O)c1ccncc1C)c1nccs1. The Balaban J connectivity index is 2.14. The van der Waals surface area contributed by atoms with Gasteiger partial charge in [0.2, 0.25) is 0 Å². The molecule has 0 aliphatic carbocycles. The van der Waals surface area contributed by atoms with E-state index in [0.29, 0.717) is 5.56 Å². The van der Waals surface area contributed by atoms with Crippen LogP contribution in [0.4, 0.5) is 0 Å². The molecule has 0 saturated carbocycles. The Bertz CT molecular complexity index is 525. The second kappa shape index (κ2) is 5.73. The first-order chi connectivity index (χ1) is 8.72. The number of amides is 1. The van der Waals surface area contributed by atoms with Crippen LogP contribution in [0, 0.1) is 6.92 Å². The highest BCUT2D eigenvalue weighted by Gasteiger charge is 2.17. The zero-order chi connectivity index (χ0) is 13.0. The molecule has 0 spiro atoms. The Morgan fingerprint density at radius 3 is 2.94 bits per heavy atom. The van der Waals surface area contributed by atoms with Crippen LogP contribution in [0.25, 0.3) is 0 Å². The van der Waals surface area contributed by atoms with Crippen molar-refractivity contribution in [2.24, 2.45) is 0 Å². The normalized spacial score (nSPS) is 12.1. The minimum absolute atomic E-state index is 0.0231. The second-order valence-corrected chi connectivity index (χ2v) is 4.92. The zero-order valence-electron chi connectivity index (χ0n) is 10.4. The summed E-state index contributed by atoms with van der Waals surface area (Å²) < 4.78 is 0. The summed E-state index contributed by atoms with van der Waals surface area (Å²) in [5.74, 6) is -0.0723. The molecule has 1 N–H and O–H groups in total. The van der Waals surface area contributed by atoms with Crippen molar-refractivity contribution in [3.8, 4) is 0 Å². The van der Waals surface area contributed by atoms with Crippen LogP contribution in [0.5, 0.6) is 0 Å². The van der Waals surface area contributed by atoms with Crippen LogP contribution in [0.1, 0.15) is 40.3 Å². The van der Waals surface area contributed by atoms with Crippen LogP contribution in [0.15, 0.2) is 30.0 Å². The molecular formula is C13H15N3OS. The molecular weight excluding hydrogens is 246 g/mol. The fraction of sp³-hybridized carbons (Fsp3) is 0.308. The number of carbonyl (C=O) groups is 1. The molecule has 0 bridgehead atoms. The molecule has 2 rings (SSSR count). The Morgan fingerprint density at radius 2 is 2.33 bits per heavy atom. The number of pyridine rings is 1. The highest BCUT2D eigenvalue weighted by molar-refractivity contribution is 7.09. The first kappa shape index (κ1) is 12.7. The molecule has 2 aromatic heterocycles. The van der Waals surface area contributed by atoms with Gasteiger partial charge in [-0.15, -0.1) is 11.3 Å². The fourth-order valence-electron chi connectivity index (χ4n) is 1.71. The smallest absolute Gasteiger partial charge is 0.252 e. The molecule has 0 aromatic carbocycles. The molecule has 0 aliphatic heterocycles. The van der Waals surface area contributed by atoms with Crippen LogP contribution in [-0.2, 0) is 0 Å². The topological polar surface area (TPSA) is 54.9 Å². The molecule has 2 aromatic rings. The molecule has 94 valence electrons. The summed E-state index contributed by atoms with van der Waals surface area (Å²) in [6.45, 7) is 3.91. The molecule has 0 radical (unpaired) electrons. The van der Waals surface area contributed by atoms with E-state index in [1.165, 1.54) is 0 Å². The fourth-order valence-corrected chi connectivity index (χ4v) is 2.48. The highest BCUT2D eigenvalue weighted by atomic mass is 32.1. The third-order valence-corrected chi connectivity index (χ3v) is 3.62. The van der Waals surface area contributed by atoms with Crippen molar-refractivity contribution in [1.29, 1.82) is 0 Å². The molecule has 1 unspecified atom stereocenters. The third kappa shape index (κ3) is 2.73. The monoisotopic (exact) mass is 261 g/mol. The lowest BCUT2D eigenvalue weighted by atomic mass is 10.1. The number of hydrogen-bond donors (Lipinski definition) is 1. The van der Waals surface area contributed by atoms with E-state index in [4.69, 9.17) is 0 Å². The minimum Gasteiger partial charge on any atom is -0.343 e. The molecule has 0 fully saturated rings. The van der Waals surface area contributed by atoms with E-state index in [9.17, 15) is 4.79 Å². The van der Waals surface area contributed by atoms with Crippen molar-refractivity contribution in [3.63, 3.8) is 0 Å². The quantitative estimate of drug-likeness (QED) is 0.920. The van der Waals surface area contributed by atoms with Crippen molar-refractivity contribution in [1.82, 2.24) is 15.3 Å². The number of nitrogens with zero attached hydrogens (tertiary/aromatic N) is 2. The van der Waals surface area contributed by atoms with E-state index in [2.05, 4.69) is 15.3 Å². The number of rotatable bonds is 4. The lowest BCUT2D eigenvalue weighted by Gasteiger charge is -2.15. The van der Waals surface area contributed by atoms with E-state index in [1.54, 1.807) is 36.0 Å². The maximum Gasteiger partial charge on any atom is 0.252 e. The maximum absolute atomic E-state index is 12.2. The van der Waals surface area contributed by atoms with Crippen molar-refractivity contribution in [3.05, 3.63) is 46.2 Å². The number of hydrogen-bond acceptors (Lipinski definition) is 4. The first-order valence-electron chi connectivity index (χ1n) is 5.83. The van der Waals surface area contributed by atoms with Crippen molar-refractivity contribution >= 4 is 17.2 Å². The molecule has 1 atom stereocenters. The Kier molecular flexibility index (Phi) is 4.04. The summed E-state index contributed by atoms with van der Waals surface area (Å²) >= 11 is 1.56. The summed E-state index contributed by atoms with van der Waals surface area (Å²) in [5.41, 5.74) is 1.55. The lowest BCUT2D eigenvalue weighted by molar-refractivity contribution is 0.0935. The van der Waals surface area contributed by atoms with Gasteiger partial charge in [-0.25, -0.2) is 4.98 Å². The summed E-state index contributed by atoms with van der Waals surface area (Å²) in [6.07, 6.45) is 5.90. The molecule has 4 nitrogen and oxygen atoms in total. The molecule has 1 amide bonds. The van der Waals surface area contributed by atoms with Gasteiger partial charge < -0.3 is 5.32 Å². The molecule has 0 saturated heterocycles. The standard InChI is InChI=1S/C13H15N3OS/c1-3-11(13-15-6-7-18-13)16-12(17)10-4-5-14-8-9(10)2/h4-8,11H,3H2,1-2H3,(H,16,17). The van der Waals surface area contributed by atoms with E-state index in [1.807, 2.05) is 19.2 Å². The molecule has 2 heterocycles. The van der Waals surface area contributed by atoms with Gasteiger partial charge in [-0.3, -0.25) is 9.78 Å². The number of carbonyl (C=O) groups excluding carboxylic acids is 1. The van der Waals surface area contributed by atoms with Crippen molar-refractivity contribution in [2.45, 2.75) is 26.3 Å². The van der Waals surface area contributed by atoms with Crippen LogP contribution in [0.3, 0.4) is 0 Å². The summed E-state index contributed by atoms with van der Waals surface area (Å²) in [7, 11) is 0. The Hall–Kier alpha value is -1.75. The van der Waals surface area contributed by atoms with E-state index >= 15 is 0 Å². The molecule has 5 heteroatoms. The van der Waals surface area contributed by atoms with Gasteiger partial charge in [0.1, 0.15) is 5.01 Å². The van der Waals surface area contributed by atoms with Crippen LogP contribution in [-0.4, -0.2) is 15.9 Å². The lowest BCUT2D eigenvalue weighted by Crippen LogP contribution is -2.28. The number of nitrogens with one attached hydrogen (secondary N) is 1. The van der Waals surface area contributed by atoms with Gasteiger partial charge in [0.25, 0.3) is 5.91 Å². The summed E-state index contributed by atoms with van der Waals surface area (Å²) in [4.78, 5) is 20.4. The van der Waals surface area contributed by atoms with Crippen molar-refractivity contribution in [2.75, 3.05) is 0 Å². The van der Waals surface area contributed by atoms with Gasteiger partial charge in [-0.05, 0) is 25.0 Å². The predicted molar refractivity (Wildman–Crippen MR) is 71.6 cm³/mol. The van der Waals surface area contributed by atoms with Gasteiger partial charge in [-0.2, -0.15) is 0 Å². The van der Waals surface area contributed by atoms with Crippen LogP contribution >= 0.6 is 11.3 Å². The van der Waals surface area contributed by atoms with Crippen LogP contribution < -0.4 is 5.32 Å². The second-order valence-electron chi connectivity index (χ2n) is 4.00. The third-order valence-electron chi connectivity index (χ3n) is 2.73. The molecule has 0 aliphatic rings. The largest absolute Gasteiger partial charge is 0.343 e. The molecule has 18 heavy (non-hydrogen) atoms. The number of aryl methyl sites for hydroxylation is 1. The van der Waals surface area contributed by atoms with E-state index < -0.39 is 0 Å². The van der Waals surface area contributed by atoms with Gasteiger partial charge in [0, 0.05) is 29.5 Å². The Morgan fingerprint density at radius 1 is 1.50 bits per heavy atom. The van der Waals surface area contributed by atoms with E-state index in [-0.39, 0.29) is 11.9 Å². The minimum atomic E-state index is -0.0723. The van der Waals surface area contributed by atoms with Gasteiger partial charge >= 0.3 is 0 Å². The van der Waals surface area contributed by atoms with E-state index in [0.717, 1.165) is 17.0 Å². The zero-order valence-corrected chi connectivity index (χ0v) is 11.2. The average Bonchev–Trinajstić information content (AvgIpc) is 2.90. The van der Waals surface area contributed by atoms with Crippen LogP contribution in [0.2, 0.25) is 0 Å². The average molecular weight is 261 g/mol. The Labute approximate surface area is 110 Å². The number of aromatic nitrogens is 2. The maximum atomic E-state index is 12.2. The summed E-state index contributed by atoms with van der Waals surface area (Å²) in [5, 5.41) is 5.87. The number of thiazole rings is 1.